The molecule has 0 aliphatic heterocycles. The van der Waals surface area contributed by atoms with Gasteiger partial charge in [0.25, 0.3) is 0 Å². The van der Waals surface area contributed by atoms with Crippen LogP contribution in [0.2, 0.25) is 0 Å². The summed E-state index contributed by atoms with van der Waals surface area (Å²) in [5.74, 6) is 0.940. The van der Waals surface area contributed by atoms with Crippen molar-refractivity contribution in [2.24, 2.45) is 16.5 Å². The number of nitrogens with two attached hydrogens (primary N) is 2. The van der Waals surface area contributed by atoms with Gasteiger partial charge in [-0.2, -0.15) is 0 Å². The van der Waals surface area contributed by atoms with Gasteiger partial charge in [0.1, 0.15) is 0 Å². The van der Waals surface area contributed by atoms with Gasteiger partial charge in [0, 0.05) is 5.54 Å². The molecule has 1 saturated carbocycles. The van der Waals surface area contributed by atoms with Gasteiger partial charge < -0.3 is 11.5 Å². The second-order valence-corrected chi connectivity index (χ2v) is 5.37. The number of benzene rings is 1. The molecule has 0 radical (unpaired) electrons. The molecular weight excluding hydrogens is 254 g/mol. The molecule has 1 aromatic rings. The van der Waals surface area contributed by atoms with E-state index in [1.807, 2.05) is 18.2 Å². The van der Waals surface area contributed by atoms with Crippen LogP contribution in [0.3, 0.4) is 0 Å². The molecule has 17 heavy (non-hydrogen) atoms. The highest BCUT2D eigenvalue weighted by Crippen LogP contribution is 2.43. The summed E-state index contributed by atoms with van der Waals surface area (Å²) >= 11 is 1.55. The van der Waals surface area contributed by atoms with Gasteiger partial charge in [0.05, 0.1) is 5.69 Å². The lowest BCUT2D eigenvalue weighted by Gasteiger charge is -2.09. The maximum absolute atomic E-state index is 6.14. The van der Waals surface area contributed by atoms with E-state index in [9.17, 15) is 0 Å². The van der Waals surface area contributed by atoms with Gasteiger partial charge in [-0.25, -0.2) is 4.99 Å². The van der Waals surface area contributed by atoms with Crippen molar-refractivity contribution >= 4 is 35.0 Å². The Labute approximate surface area is 112 Å². The summed E-state index contributed by atoms with van der Waals surface area (Å²) in [6.07, 6.45) is 2.14. The van der Waals surface area contributed by atoms with Gasteiger partial charge in [0.2, 0.25) is 0 Å². The fourth-order valence-electron chi connectivity index (χ4n) is 1.62. The predicted octanol–water partition coefficient (Wildman–Crippen LogP) is 2.76. The third kappa shape index (κ3) is 3.63. The van der Waals surface area contributed by atoms with Crippen LogP contribution in [0, 0.1) is 0 Å². The third-order valence-corrected chi connectivity index (χ3v) is 3.42. The van der Waals surface area contributed by atoms with Gasteiger partial charge in [-0.15, -0.1) is 12.4 Å². The van der Waals surface area contributed by atoms with E-state index >= 15 is 0 Å². The van der Waals surface area contributed by atoms with Crippen LogP contribution >= 0.6 is 24.2 Å². The van der Waals surface area contributed by atoms with Gasteiger partial charge >= 0.3 is 0 Å². The molecule has 2 rings (SSSR count). The number of nitrogens with zero attached hydrogens (tertiary/aromatic N) is 1. The first-order valence-corrected chi connectivity index (χ1v) is 6.49. The molecule has 1 fully saturated rings. The van der Waals surface area contributed by atoms with Crippen molar-refractivity contribution in [3.63, 3.8) is 0 Å². The van der Waals surface area contributed by atoms with E-state index in [1.54, 1.807) is 11.8 Å². The molecule has 0 saturated heterocycles. The number of thioether (sulfide) groups is 1. The summed E-state index contributed by atoms with van der Waals surface area (Å²) in [5, 5.41) is 0.613. The monoisotopic (exact) mass is 271 g/mol. The first-order valence-electron chi connectivity index (χ1n) is 5.50. The van der Waals surface area contributed by atoms with Crippen LogP contribution < -0.4 is 11.5 Å². The molecule has 0 heterocycles. The van der Waals surface area contributed by atoms with Crippen molar-refractivity contribution in [1.29, 1.82) is 0 Å². The Morgan fingerprint density at radius 2 is 2.18 bits per heavy atom. The molecular formula is C12H18ClN3S. The highest BCUT2D eigenvalue weighted by Gasteiger charge is 2.39. The summed E-state index contributed by atoms with van der Waals surface area (Å²) in [6.45, 7) is 2.06. The first-order chi connectivity index (χ1) is 7.64. The molecule has 5 heteroatoms. The maximum atomic E-state index is 6.14. The average molecular weight is 272 g/mol. The molecule has 94 valence electrons. The second-order valence-electron chi connectivity index (χ2n) is 4.09. The summed E-state index contributed by atoms with van der Waals surface area (Å²) in [4.78, 5) is 4.35. The predicted molar refractivity (Wildman–Crippen MR) is 78.2 cm³/mol. The van der Waals surface area contributed by atoms with Crippen LogP contribution in [0.4, 0.5) is 5.69 Å². The van der Waals surface area contributed by atoms with Crippen LogP contribution in [0.15, 0.2) is 29.3 Å². The third-order valence-electron chi connectivity index (χ3n) is 2.74. The molecule has 3 nitrogen and oxygen atoms in total. The number of amidine groups is 1. The number of halogens is 1. The highest BCUT2D eigenvalue weighted by atomic mass is 35.5. The van der Waals surface area contributed by atoms with E-state index in [4.69, 9.17) is 11.5 Å². The second kappa shape index (κ2) is 5.76. The van der Waals surface area contributed by atoms with Gasteiger partial charge in [-0.05, 0) is 36.3 Å². The zero-order chi connectivity index (χ0) is 11.6. The fourth-order valence-corrected chi connectivity index (χ4v) is 2.08. The van der Waals surface area contributed by atoms with E-state index in [2.05, 4.69) is 18.0 Å². The standard InChI is InChI=1S/C12H17N3S.ClH/c1-2-16-11(13)15-10-5-3-4-9(8-10)12(14)6-7-12;/h3-5,8H,2,6-7,14H2,1H3,(H2,13,15);1H. The molecule has 0 unspecified atom stereocenters. The smallest absolute Gasteiger partial charge is 0.159 e. The Hall–Kier alpha value is -0.710. The lowest BCUT2D eigenvalue weighted by atomic mass is 10.1. The van der Waals surface area contributed by atoms with Gasteiger partial charge in [0.15, 0.2) is 5.17 Å². The zero-order valence-corrected chi connectivity index (χ0v) is 11.5. The average Bonchev–Trinajstić information content (AvgIpc) is 2.99. The van der Waals surface area contributed by atoms with E-state index in [-0.39, 0.29) is 17.9 Å². The van der Waals surface area contributed by atoms with E-state index in [0.29, 0.717) is 5.17 Å². The Bertz CT molecular complexity index is 416. The molecule has 0 amide bonds. The van der Waals surface area contributed by atoms with Crippen LogP contribution in [-0.4, -0.2) is 10.9 Å². The van der Waals surface area contributed by atoms with Crippen molar-refractivity contribution < 1.29 is 0 Å². The van der Waals surface area contributed by atoms with Crippen LogP contribution in [-0.2, 0) is 5.54 Å². The zero-order valence-electron chi connectivity index (χ0n) is 9.85. The lowest BCUT2D eigenvalue weighted by molar-refractivity contribution is 0.740. The Morgan fingerprint density at radius 3 is 2.76 bits per heavy atom. The minimum atomic E-state index is -0.0990. The topological polar surface area (TPSA) is 64.4 Å². The largest absolute Gasteiger partial charge is 0.378 e. The molecule has 1 aromatic carbocycles. The number of aliphatic imine (C=N–C) groups is 1. The number of hydrogen-bond donors (Lipinski definition) is 2. The summed E-state index contributed by atoms with van der Waals surface area (Å²) < 4.78 is 0. The molecule has 1 aliphatic carbocycles. The Balaban J connectivity index is 0.00000144. The highest BCUT2D eigenvalue weighted by molar-refractivity contribution is 8.13. The van der Waals surface area contributed by atoms with Crippen LogP contribution in [0.25, 0.3) is 0 Å². The van der Waals surface area contributed by atoms with E-state index < -0.39 is 0 Å². The minimum Gasteiger partial charge on any atom is -0.378 e. The van der Waals surface area contributed by atoms with Gasteiger partial charge in [-0.1, -0.05) is 30.8 Å². The maximum Gasteiger partial charge on any atom is 0.159 e. The normalized spacial score (nSPS) is 17.4. The minimum absolute atomic E-state index is 0. The number of hydrogen-bond acceptors (Lipinski definition) is 3. The SMILES string of the molecule is CCSC(N)=Nc1cccc(C2(N)CC2)c1.Cl. The van der Waals surface area contributed by atoms with Crippen molar-refractivity contribution in [1.82, 2.24) is 0 Å². The Kier molecular flexibility index (Phi) is 4.86. The van der Waals surface area contributed by atoms with Crippen LogP contribution in [0.1, 0.15) is 25.3 Å². The fraction of sp³-hybridized carbons (Fsp3) is 0.417. The molecule has 0 atom stereocenters. The van der Waals surface area contributed by atoms with Crippen molar-refractivity contribution in [2.75, 3.05) is 5.75 Å². The Morgan fingerprint density at radius 1 is 1.47 bits per heavy atom. The van der Waals surface area contributed by atoms with Gasteiger partial charge in [-0.3, -0.25) is 0 Å². The van der Waals surface area contributed by atoms with Crippen molar-refractivity contribution in [3.05, 3.63) is 29.8 Å². The summed E-state index contributed by atoms with van der Waals surface area (Å²) in [5.41, 5.74) is 13.9. The van der Waals surface area contributed by atoms with Crippen LogP contribution in [0.5, 0.6) is 0 Å². The first kappa shape index (κ1) is 14.4. The summed E-state index contributed by atoms with van der Waals surface area (Å²) in [6, 6.07) is 8.05. The van der Waals surface area contributed by atoms with E-state index in [0.717, 1.165) is 24.3 Å². The molecule has 1 aliphatic rings. The van der Waals surface area contributed by atoms with Crippen molar-refractivity contribution in [2.45, 2.75) is 25.3 Å². The molecule has 0 spiro atoms. The van der Waals surface area contributed by atoms with Crippen molar-refractivity contribution in [3.8, 4) is 0 Å². The lowest BCUT2D eigenvalue weighted by Crippen LogP contribution is -2.18. The molecule has 0 aromatic heterocycles. The quantitative estimate of drug-likeness (QED) is 0.656. The van der Waals surface area contributed by atoms with E-state index in [1.165, 1.54) is 5.56 Å². The number of rotatable bonds is 3. The molecule has 0 bridgehead atoms. The summed E-state index contributed by atoms with van der Waals surface area (Å²) in [7, 11) is 0. The molecule has 4 N–H and O–H groups in total.